The molecule has 0 bridgehead atoms. The topological polar surface area (TPSA) is 92.7 Å². The van der Waals surface area contributed by atoms with Gasteiger partial charge in [-0.1, -0.05) is 19.1 Å². The molecule has 6 nitrogen and oxygen atoms in total. The van der Waals surface area contributed by atoms with Crippen LogP contribution >= 0.6 is 0 Å². The highest BCUT2D eigenvalue weighted by Gasteiger charge is 2.26. The van der Waals surface area contributed by atoms with Crippen LogP contribution in [0.5, 0.6) is 0 Å². The van der Waals surface area contributed by atoms with Gasteiger partial charge in [-0.05, 0) is 42.9 Å². The average molecular weight is 341 g/mol. The molecule has 1 aliphatic rings. The van der Waals surface area contributed by atoms with Gasteiger partial charge in [-0.15, -0.1) is 0 Å². The molecule has 1 saturated heterocycles. The standard InChI is InChI=1S/C16H23NO5S/c1-2-17-23(20,21)14-5-3-13(4-6-14)15(16(18)19)11-12-7-9-22-10-8-12/h3-6,12,15,17H,2,7-11H2,1H3,(H,18,19)/t15-/m1/s1. The molecule has 1 heterocycles. The number of nitrogens with one attached hydrogen (secondary N) is 1. The summed E-state index contributed by atoms with van der Waals surface area (Å²) in [7, 11) is -3.51. The maximum atomic E-state index is 11.9. The number of sulfonamides is 1. The zero-order valence-corrected chi connectivity index (χ0v) is 14.0. The summed E-state index contributed by atoms with van der Waals surface area (Å²) in [5.74, 6) is -1.16. The molecule has 1 fully saturated rings. The van der Waals surface area contributed by atoms with Crippen molar-refractivity contribution in [3.05, 3.63) is 29.8 Å². The minimum absolute atomic E-state index is 0.151. The third-order valence-corrected chi connectivity index (χ3v) is 5.70. The van der Waals surface area contributed by atoms with Crippen LogP contribution in [0.25, 0.3) is 0 Å². The van der Waals surface area contributed by atoms with E-state index >= 15 is 0 Å². The molecule has 7 heteroatoms. The van der Waals surface area contributed by atoms with Gasteiger partial charge in [-0.25, -0.2) is 13.1 Å². The number of benzene rings is 1. The highest BCUT2D eigenvalue weighted by Crippen LogP contribution is 2.30. The summed E-state index contributed by atoms with van der Waals surface area (Å²) in [5.41, 5.74) is 0.638. The Labute approximate surface area is 136 Å². The van der Waals surface area contributed by atoms with Gasteiger partial charge in [0.15, 0.2) is 0 Å². The second-order valence-electron chi connectivity index (χ2n) is 5.75. The quantitative estimate of drug-likeness (QED) is 0.791. The second kappa shape index (κ2) is 7.90. The molecule has 0 saturated carbocycles. The summed E-state index contributed by atoms with van der Waals surface area (Å²) < 4.78 is 31.6. The van der Waals surface area contributed by atoms with E-state index in [0.717, 1.165) is 12.8 Å². The largest absolute Gasteiger partial charge is 0.481 e. The van der Waals surface area contributed by atoms with Crippen LogP contribution in [0.15, 0.2) is 29.2 Å². The highest BCUT2D eigenvalue weighted by atomic mass is 32.2. The molecule has 2 N–H and O–H groups in total. The van der Waals surface area contributed by atoms with Crippen molar-refractivity contribution in [3.8, 4) is 0 Å². The van der Waals surface area contributed by atoms with E-state index in [1.807, 2.05) is 0 Å². The van der Waals surface area contributed by atoms with E-state index in [1.165, 1.54) is 12.1 Å². The summed E-state index contributed by atoms with van der Waals surface area (Å²) in [5, 5.41) is 9.51. The number of carbonyl (C=O) groups is 1. The Bertz CT molecular complexity index is 620. The van der Waals surface area contributed by atoms with Crippen molar-refractivity contribution < 1.29 is 23.1 Å². The van der Waals surface area contributed by atoms with Crippen molar-refractivity contribution in [2.75, 3.05) is 19.8 Å². The lowest BCUT2D eigenvalue weighted by atomic mass is 9.85. The van der Waals surface area contributed by atoms with Crippen LogP contribution in [-0.4, -0.2) is 39.3 Å². The molecular weight excluding hydrogens is 318 g/mol. The molecule has 1 atom stereocenters. The summed E-state index contributed by atoms with van der Waals surface area (Å²) >= 11 is 0. The first-order chi connectivity index (χ1) is 10.9. The molecule has 2 rings (SSSR count). The van der Waals surface area contributed by atoms with Crippen LogP contribution in [0, 0.1) is 5.92 Å². The molecule has 1 aromatic rings. The van der Waals surface area contributed by atoms with Crippen LogP contribution in [-0.2, 0) is 19.6 Å². The number of carboxylic acid groups (broad SMARTS) is 1. The van der Waals surface area contributed by atoms with E-state index in [-0.39, 0.29) is 4.90 Å². The molecule has 0 radical (unpaired) electrons. The summed E-state index contributed by atoms with van der Waals surface area (Å²) in [4.78, 5) is 11.7. The molecule has 128 valence electrons. The zero-order chi connectivity index (χ0) is 16.9. The first kappa shape index (κ1) is 17.9. The van der Waals surface area contributed by atoms with Crippen LogP contribution in [0.1, 0.15) is 37.7 Å². The van der Waals surface area contributed by atoms with Crippen LogP contribution in [0.2, 0.25) is 0 Å². The fourth-order valence-electron chi connectivity index (χ4n) is 2.85. The number of hydrogen-bond donors (Lipinski definition) is 2. The summed E-state index contributed by atoms with van der Waals surface area (Å²) in [6.07, 6.45) is 2.30. The third kappa shape index (κ3) is 4.76. The molecule has 1 aromatic carbocycles. The van der Waals surface area contributed by atoms with Gasteiger partial charge >= 0.3 is 5.97 Å². The Morgan fingerprint density at radius 3 is 2.43 bits per heavy atom. The molecule has 0 unspecified atom stereocenters. The molecular formula is C16H23NO5S. The van der Waals surface area contributed by atoms with E-state index in [2.05, 4.69) is 4.72 Å². The van der Waals surface area contributed by atoms with Crippen LogP contribution in [0.3, 0.4) is 0 Å². The lowest BCUT2D eigenvalue weighted by Gasteiger charge is -2.25. The maximum Gasteiger partial charge on any atom is 0.310 e. The van der Waals surface area contributed by atoms with Crippen molar-refractivity contribution in [2.45, 2.75) is 37.0 Å². The number of hydrogen-bond acceptors (Lipinski definition) is 4. The van der Waals surface area contributed by atoms with E-state index in [4.69, 9.17) is 4.74 Å². The monoisotopic (exact) mass is 341 g/mol. The molecule has 0 aliphatic carbocycles. The number of aliphatic carboxylic acids is 1. The predicted octanol–water partition coefficient (Wildman–Crippen LogP) is 1.97. The third-order valence-electron chi connectivity index (χ3n) is 4.14. The van der Waals surface area contributed by atoms with Crippen molar-refractivity contribution in [1.29, 1.82) is 0 Å². The van der Waals surface area contributed by atoms with Crippen LogP contribution in [0.4, 0.5) is 0 Å². The number of carboxylic acids is 1. The minimum atomic E-state index is -3.51. The van der Waals surface area contributed by atoms with Gasteiger partial charge in [-0.2, -0.15) is 0 Å². The minimum Gasteiger partial charge on any atom is -0.481 e. The number of rotatable bonds is 7. The van der Waals surface area contributed by atoms with Gasteiger partial charge in [-0.3, -0.25) is 4.79 Å². The van der Waals surface area contributed by atoms with E-state index in [0.29, 0.717) is 37.7 Å². The molecule has 0 amide bonds. The van der Waals surface area contributed by atoms with E-state index < -0.39 is 21.9 Å². The van der Waals surface area contributed by atoms with Crippen molar-refractivity contribution in [2.24, 2.45) is 5.92 Å². The Morgan fingerprint density at radius 1 is 1.30 bits per heavy atom. The Balaban J connectivity index is 2.15. The lowest BCUT2D eigenvalue weighted by molar-refractivity contribution is -0.139. The zero-order valence-electron chi connectivity index (χ0n) is 13.2. The van der Waals surface area contributed by atoms with Gasteiger partial charge in [0.2, 0.25) is 10.0 Å². The lowest BCUT2D eigenvalue weighted by Crippen LogP contribution is -2.23. The highest BCUT2D eigenvalue weighted by molar-refractivity contribution is 7.89. The molecule has 23 heavy (non-hydrogen) atoms. The predicted molar refractivity (Wildman–Crippen MR) is 85.8 cm³/mol. The molecule has 1 aliphatic heterocycles. The van der Waals surface area contributed by atoms with Gasteiger partial charge in [0.1, 0.15) is 0 Å². The normalized spacial score (nSPS) is 17.8. The van der Waals surface area contributed by atoms with Crippen molar-refractivity contribution in [1.82, 2.24) is 4.72 Å². The maximum absolute atomic E-state index is 11.9. The number of ether oxygens (including phenoxy) is 1. The first-order valence-corrected chi connectivity index (χ1v) is 9.32. The van der Waals surface area contributed by atoms with E-state index in [9.17, 15) is 18.3 Å². The van der Waals surface area contributed by atoms with Gasteiger partial charge in [0.25, 0.3) is 0 Å². The Hall–Kier alpha value is -1.44. The summed E-state index contributed by atoms with van der Waals surface area (Å²) in [6.45, 7) is 3.37. The Kier molecular flexibility index (Phi) is 6.15. The molecule has 0 aromatic heterocycles. The van der Waals surface area contributed by atoms with Crippen molar-refractivity contribution >= 4 is 16.0 Å². The summed E-state index contributed by atoms with van der Waals surface area (Å²) in [6, 6.07) is 6.13. The fourth-order valence-corrected chi connectivity index (χ4v) is 3.89. The van der Waals surface area contributed by atoms with Gasteiger partial charge < -0.3 is 9.84 Å². The molecule has 0 spiro atoms. The van der Waals surface area contributed by atoms with Gasteiger partial charge in [0, 0.05) is 19.8 Å². The van der Waals surface area contributed by atoms with Gasteiger partial charge in [0.05, 0.1) is 10.8 Å². The SMILES string of the molecule is CCNS(=O)(=O)c1ccc([C@@H](CC2CCOCC2)C(=O)O)cc1. The first-order valence-electron chi connectivity index (χ1n) is 7.84. The van der Waals surface area contributed by atoms with Crippen molar-refractivity contribution in [3.63, 3.8) is 0 Å². The average Bonchev–Trinajstić information content (AvgIpc) is 2.53. The smallest absolute Gasteiger partial charge is 0.310 e. The fraction of sp³-hybridized carbons (Fsp3) is 0.562. The second-order valence-corrected chi connectivity index (χ2v) is 7.52. The van der Waals surface area contributed by atoms with E-state index in [1.54, 1.807) is 19.1 Å². The van der Waals surface area contributed by atoms with Crippen LogP contribution < -0.4 is 4.72 Å². The Morgan fingerprint density at radius 2 is 1.91 bits per heavy atom.